The number of hydrogen-bond acceptors (Lipinski definition) is 4. The van der Waals surface area contributed by atoms with Crippen molar-refractivity contribution in [1.82, 2.24) is 10.2 Å². The van der Waals surface area contributed by atoms with Crippen LogP contribution in [0.5, 0.6) is 0 Å². The highest BCUT2D eigenvalue weighted by molar-refractivity contribution is 4.72. The zero-order valence-electron chi connectivity index (χ0n) is 11.3. The molecule has 17 heavy (non-hydrogen) atoms. The summed E-state index contributed by atoms with van der Waals surface area (Å²) in [4.78, 5) is 2.31. The van der Waals surface area contributed by atoms with E-state index >= 15 is 0 Å². The van der Waals surface area contributed by atoms with Crippen LogP contribution in [-0.4, -0.2) is 62.6 Å². The molecule has 1 aliphatic heterocycles. The van der Waals surface area contributed by atoms with E-state index in [0.29, 0.717) is 18.6 Å². The Bertz CT molecular complexity index is 180. The maximum absolute atomic E-state index is 8.99. The summed E-state index contributed by atoms with van der Waals surface area (Å²) in [6.07, 6.45) is 3.62. The predicted molar refractivity (Wildman–Crippen MR) is 70.2 cm³/mol. The van der Waals surface area contributed by atoms with Crippen molar-refractivity contribution in [3.8, 4) is 0 Å². The molecule has 1 fully saturated rings. The van der Waals surface area contributed by atoms with E-state index in [-0.39, 0.29) is 0 Å². The predicted octanol–water partition coefficient (Wildman–Crippen LogP) is 0.705. The van der Waals surface area contributed by atoms with Crippen molar-refractivity contribution in [3.63, 3.8) is 0 Å². The number of aliphatic hydroxyl groups excluding tert-OH is 1. The summed E-state index contributed by atoms with van der Waals surface area (Å²) >= 11 is 0. The van der Waals surface area contributed by atoms with E-state index in [1.54, 1.807) is 0 Å². The number of morpholine rings is 1. The van der Waals surface area contributed by atoms with E-state index in [1.807, 2.05) is 0 Å². The van der Waals surface area contributed by atoms with Crippen LogP contribution in [0.3, 0.4) is 0 Å². The zero-order valence-corrected chi connectivity index (χ0v) is 11.3. The molecule has 0 bridgehead atoms. The minimum atomic E-state index is 0.301. The number of rotatable bonds is 8. The summed E-state index contributed by atoms with van der Waals surface area (Å²) in [6.45, 7) is 7.33. The van der Waals surface area contributed by atoms with Crippen molar-refractivity contribution < 1.29 is 9.84 Å². The molecule has 1 aliphatic rings. The van der Waals surface area contributed by atoms with Crippen LogP contribution < -0.4 is 5.32 Å². The highest BCUT2D eigenvalue weighted by Crippen LogP contribution is 2.09. The van der Waals surface area contributed by atoms with Crippen LogP contribution in [0.2, 0.25) is 0 Å². The van der Waals surface area contributed by atoms with E-state index in [0.717, 1.165) is 39.2 Å². The molecule has 0 aliphatic carbocycles. The van der Waals surface area contributed by atoms with Crippen molar-refractivity contribution in [3.05, 3.63) is 0 Å². The lowest BCUT2D eigenvalue weighted by molar-refractivity contribution is -0.0184. The molecule has 0 radical (unpaired) electrons. The summed E-state index contributed by atoms with van der Waals surface area (Å²) in [6, 6.07) is 0. The molecule has 4 heteroatoms. The van der Waals surface area contributed by atoms with Crippen LogP contribution in [-0.2, 0) is 4.74 Å². The summed E-state index contributed by atoms with van der Waals surface area (Å²) in [5.41, 5.74) is 0. The third-order valence-corrected chi connectivity index (χ3v) is 3.38. The quantitative estimate of drug-likeness (QED) is 0.660. The second-order valence-electron chi connectivity index (χ2n) is 5.08. The molecule has 1 rings (SSSR count). The standard InChI is InChI=1S/C13H28N2O2/c1-3-4-12(5-7-16)9-14-10-13-11-15(2)6-8-17-13/h12-14,16H,3-11H2,1-2H3. The van der Waals surface area contributed by atoms with Crippen molar-refractivity contribution in [1.29, 1.82) is 0 Å². The molecular weight excluding hydrogens is 216 g/mol. The average Bonchev–Trinajstić information content (AvgIpc) is 2.30. The number of nitrogens with zero attached hydrogens (tertiary/aromatic N) is 1. The Labute approximate surface area is 105 Å². The van der Waals surface area contributed by atoms with Gasteiger partial charge in [0.25, 0.3) is 0 Å². The molecule has 0 amide bonds. The summed E-state index contributed by atoms with van der Waals surface area (Å²) in [5, 5.41) is 12.5. The first-order valence-corrected chi connectivity index (χ1v) is 6.88. The molecule has 2 N–H and O–H groups in total. The third kappa shape index (κ3) is 6.36. The molecule has 1 saturated heterocycles. The van der Waals surface area contributed by atoms with Crippen molar-refractivity contribution in [2.75, 3.05) is 46.4 Å². The Kier molecular flexibility index (Phi) is 7.77. The first-order valence-electron chi connectivity index (χ1n) is 6.88. The van der Waals surface area contributed by atoms with E-state index < -0.39 is 0 Å². The van der Waals surface area contributed by atoms with Gasteiger partial charge in [-0.2, -0.15) is 0 Å². The lowest BCUT2D eigenvalue weighted by Crippen LogP contribution is -2.45. The Morgan fingerprint density at radius 1 is 1.47 bits per heavy atom. The Morgan fingerprint density at radius 2 is 2.29 bits per heavy atom. The van der Waals surface area contributed by atoms with E-state index in [9.17, 15) is 0 Å². The Balaban J connectivity index is 2.11. The molecule has 102 valence electrons. The molecule has 0 saturated carbocycles. The van der Waals surface area contributed by atoms with E-state index in [2.05, 4.69) is 24.2 Å². The summed E-state index contributed by atoms with van der Waals surface area (Å²) in [5.74, 6) is 0.603. The second-order valence-corrected chi connectivity index (χ2v) is 5.08. The van der Waals surface area contributed by atoms with Crippen LogP contribution in [0.1, 0.15) is 26.2 Å². The number of ether oxygens (including phenoxy) is 1. The van der Waals surface area contributed by atoms with Crippen LogP contribution in [0.4, 0.5) is 0 Å². The lowest BCUT2D eigenvalue weighted by atomic mass is 10.0. The maximum atomic E-state index is 8.99. The second kappa shape index (κ2) is 8.86. The highest BCUT2D eigenvalue weighted by atomic mass is 16.5. The molecule has 0 aromatic carbocycles. The van der Waals surface area contributed by atoms with Gasteiger partial charge in [0, 0.05) is 26.2 Å². The normalized spacial score (nSPS) is 23.8. The molecule has 0 aromatic rings. The van der Waals surface area contributed by atoms with Gasteiger partial charge in [0.15, 0.2) is 0 Å². The summed E-state index contributed by atoms with van der Waals surface area (Å²) in [7, 11) is 2.14. The Hall–Kier alpha value is -0.160. The minimum absolute atomic E-state index is 0.301. The average molecular weight is 244 g/mol. The van der Waals surface area contributed by atoms with Gasteiger partial charge in [-0.1, -0.05) is 13.3 Å². The molecule has 0 spiro atoms. The molecule has 1 heterocycles. The molecular formula is C13H28N2O2. The van der Waals surface area contributed by atoms with Gasteiger partial charge in [0.1, 0.15) is 0 Å². The molecule has 2 atom stereocenters. The van der Waals surface area contributed by atoms with E-state index in [1.165, 1.54) is 12.8 Å². The largest absolute Gasteiger partial charge is 0.396 e. The first-order chi connectivity index (χ1) is 8.26. The molecule has 2 unspecified atom stereocenters. The lowest BCUT2D eigenvalue weighted by Gasteiger charge is -2.30. The molecule has 0 aromatic heterocycles. The van der Waals surface area contributed by atoms with Crippen LogP contribution in [0, 0.1) is 5.92 Å². The molecule has 4 nitrogen and oxygen atoms in total. The van der Waals surface area contributed by atoms with Crippen LogP contribution in [0.15, 0.2) is 0 Å². The zero-order chi connectivity index (χ0) is 12.5. The number of nitrogens with one attached hydrogen (secondary N) is 1. The number of likely N-dealkylation sites (N-methyl/N-ethyl adjacent to an activating group) is 1. The van der Waals surface area contributed by atoms with Gasteiger partial charge in [-0.25, -0.2) is 0 Å². The van der Waals surface area contributed by atoms with Gasteiger partial charge in [-0.3, -0.25) is 0 Å². The van der Waals surface area contributed by atoms with Crippen molar-refractivity contribution in [2.45, 2.75) is 32.3 Å². The fraction of sp³-hybridized carbons (Fsp3) is 1.00. The van der Waals surface area contributed by atoms with Gasteiger partial charge >= 0.3 is 0 Å². The highest BCUT2D eigenvalue weighted by Gasteiger charge is 2.17. The van der Waals surface area contributed by atoms with Crippen molar-refractivity contribution in [2.24, 2.45) is 5.92 Å². The van der Waals surface area contributed by atoms with E-state index in [4.69, 9.17) is 9.84 Å². The summed E-state index contributed by atoms with van der Waals surface area (Å²) < 4.78 is 5.70. The fourth-order valence-corrected chi connectivity index (χ4v) is 2.38. The van der Waals surface area contributed by atoms with Gasteiger partial charge in [-0.15, -0.1) is 0 Å². The van der Waals surface area contributed by atoms with Crippen molar-refractivity contribution >= 4 is 0 Å². The Morgan fingerprint density at radius 3 is 2.94 bits per heavy atom. The minimum Gasteiger partial charge on any atom is -0.396 e. The van der Waals surface area contributed by atoms with Gasteiger partial charge in [0.2, 0.25) is 0 Å². The first kappa shape index (κ1) is 14.9. The smallest absolute Gasteiger partial charge is 0.0826 e. The SMILES string of the molecule is CCCC(CCO)CNCC1CN(C)CCO1. The monoisotopic (exact) mass is 244 g/mol. The van der Waals surface area contributed by atoms with Gasteiger partial charge in [0.05, 0.1) is 12.7 Å². The number of hydrogen-bond donors (Lipinski definition) is 2. The van der Waals surface area contributed by atoms with Gasteiger partial charge < -0.3 is 20.1 Å². The number of aliphatic hydroxyl groups is 1. The van der Waals surface area contributed by atoms with Crippen LogP contribution >= 0.6 is 0 Å². The topological polar surface area (TPSA) is 44.7 Å². The van der Waals surface area contributed by atoms with Gasteiger partial charge in [-0.05, 0) is 32.4 Å². The third-order valence-electron chi connectivity index (χ3n) is 3.38. The maximum Gasteiger partial charge on any atom is 0.0826 e. The van der Waals surface area contributed by atoms with Crippen LogP contribution in [0.25, 0.3) is 0 Å². The fourth-order valence-electron chi connectivity index (χ4n) is 2.38.